The number of nitro benzene ring substituents is 1. The lowest BCUT2D eigenvalue weighted by atomic mass is 9.82. The van der Waals surface area contributed by atoms with Crippen LogP contribution in [0.4, 0.5) is 11.4 Å². The van der Waals surface area contributed by atoms with Crippen molar-refractivity contribution in [1.29, 1.82) is 0 Å². The fraction of sp³-hybridized carbons (Fsp3) is 0.417. The molecule has 0 heterocycles. The molecule has 1 aromatic carbocycles. The van der Waals surface area contributed by atoms with E-state index in [1.807, 2.05) is 0 Å². The van der Waals surface area contributed by atoms with Crippen LogP contribution in [-0.4, -0.2) is 16.9 Å². The predicted molar refractivity (Wildman–Crippen MR) is 70.6 cm³/mol. The van der Waals surface area contributed by atoms with Gasteiger partial charge in [-0.1, -0.05) is 6.92 Å². The molecule has 0 unspecified atom stereocenters. The zero-order valence-corrected chi connectivity index (χ0v) is 10.6. The van der Waals surface area contributed by atoms with Crippen LogP contribution in [0.15, 0.2) is 18.2 Å². The maximum absolute atomic E-state index is 12.0. The normalized spacial score (nSPS) is 21.4. The lowest BCUT2D eigenvalue weighted by Crippen LogP contribution is -2.43. The number of anilines is 1. The lowest BCUT2D eigenvalue weighted by Gasteiger charge is -2.33. The maximum Gasteiger partial charge on any atom is 0.293 e. The van der Waals surface area contributed by atoms with Gasteiger partial charge in [0.25, 0.3) is 11.6 Å². The van der Waals surface area contributed by atoms with Crippen LogP contribution < -0.4 is 16.6 Å². The van der Waals surface area contributed by atoms with Crippen molar-refractivity contribution in [3.63, 3.8) is 0 Å². The Morgan fingerprint density at radius 2 is 2.16 bits per heavy atom. The quantitative estimate of drug-likeness (QED) is 0.432. The summed E-state index contributed by atoms with van der Waals surface area (Å²) in [4.78, 5) is 22.1. The molecule has 0 atom stereocenters. The van der Waals surface area contributed by atoms with Crippen LogP contribution in [-0.2, 0) is 0 Å². The number of hydrogen-bond donors (Lipinski definition) is 3. The van der Waals surface area contributed by atoms with Crippen LogP contribution in [0.3, 0.4) is 0 Å². The minimum absolute atomic E-state index is 0.125. The van der Waals surface area contributed by atoms with Crippen molar-refractivity contribution in [3.05, 3.63) is 33.9 Å². The fourth-order valence-corrected chi connectivity index (χ4v) is 2.24. The minimum atomic E-state index is -0.551. The van der Waals surface area contributed by atoms with Gasteiger partial charge in [-0.25, -0.2) is 0 Å². The van der Waals surface area contributed by atoms with Gasteiger partial charge in [0, 0.05) is 17.7 Å². The van der Waals surface area contributed by atoms with E-state index in [2.05, 4.69) is 17.7 Å². The van der Waals surface area contributed by atoms with Gasteiger partial charge < -0.3 is 10.7 Å². The third-order valence-electron chi connectivity index (χ3n) is 3.32. The standard InChI is InChI=1S/C12H16N4O3/c1-7-4-9(5-7)14-12(17)8-2-3-11(16(18)19)10(6-8)15-13/h2-3,6-7,9,15H,4-5,13H2,1H3,(H,14,17). The zero-order chi connectivity index (χ0) is 14.0. The zero-order valence-electron chi connectivity index (χ0n) is 10.6. The number of nitrogen functional groups attached to an aromatic ring is 1. The number of amides is 1. The van der Waals surface area contributed by atoms with E-state index in [1.165, 1.54) is 18.2 Å². The maximum atomic E-state index is 12.0. The van der Waals surface area contributed by atoms with Crippen LogP contribution in [0.1, 0.15) is 30.1 Å². The first-order valence-corrected chi connectivity index (χ1v) is 6.07. The Morgan fingerprint density at radius 1 is 1.47 bits per heavy atom. The Kier molecular flexibility index (Phi) is 3.66. The number of nitrogens with zero attached hydrogens (tertiary/aromatic N) is 1. The van der Waals surface area contributed by atoms with Crippen LogP contribution in [0.5, 0.6) is 0 Å². The largest absolute Gasteiger partial charge is 0.349 e. The lowest BCUT2D eigenvalue weighted by molar-refractivity contribution is -0.384. The molecule has 4 N–H and O–H groups in total. The van der Waals surface area contributed by atoms with Crippen LogP contribution in [0, 0.1) is 16.0 Å². The number of rotatable bonds is 4. The molecule has 0 bridgehead atoms. The van der Waals surface area contributed by atoms with Gasteiger partial charge in [0.2, 0.25) is 0 Å². The number of carbonyl (C=O) groups excluding carboxylic acids is 1. The summed E-state index contributed by atoms with van der Waals surface area (Å²) in [6.07, 6.45) is 1.95. The summed E-state index contributed by atoms with van der Waals surface area (Å²) in [5, 5.41) is 13.6. The first-order valence-electron chi connectivity index (χ1n) is 6.07. The summed E-state index contributed by atoms with van der Waals surface area (Å²) >= 11 is 0. The number of hydrazine groups is 1. The molecule has 1 aromatic rings. The molecule has 1 saturated carbocycles. The fourth-order valence-electron chi connectivity index (χ4n) is 2.24. The predicted octanol–water partition coefficient (Wildman–Crippen LogP) is 1.41. The van der Waals surface area contributed by atoms with Gasteiger partial charge in [0.15, 0.2) is 0 Å². The monoisotopic (exact) mass is 264 g/mol. The van der Waals surface area contributed by atoms with Crippen molar-refractivity contribution in [1.82, 2.24) is 5.32 Å². The molecular formula is C12H16N4O3. The Bertz CT molecular complexity index is 512. The molecule has 0 aromatic heterocycles. The van der Waals surface area contributed by atoms with E-state index in [0.29, 0.717) is 11.5 Å². The third kappa shape index (κ3) is 2.82. The highest BCUT2D eigenvalue weighted by atomic mass is 16.6. The van der Waals surface area contributed by atoms with E-state index in [0.717, 1.165) is 12.8 Å². The van der Waals surface area contributed by atoms with Gasteiger partial charge in [0.1, 0.15) is 5.69 Å². The van der Waals surface area contributed by atoms with Gasteiger partial charge in [-0.3, -0.25) is 20.8 Å². The SMILES string of the molecule is CC1CC(NC(=O)c2ccc([N+](=O)[O-])c(NN)c2)C1. The summed E-state index contributed by atoms with van der Waals surface area (Å²) < 4.78 is 0. The number of nitrogens with one attached hydrogen (secondary N) is 2. The van der Waals surface area contributed by atoms with Crippen molar-refractivity contribution >= 4 is 17.3 Å². The molecule has 2 rings (SSSR count). The van der Waals surface area contributed by atoms with Crippen molar-refractivity contribution < 1.29 is 9.72 Å². The minimum Gasteiger partial charge on any atom is -0.349 e. The van der Waals surface area contributed by atoms with E-state index in [-0.39, 0.29) is 23.3 Å². The molecule has 0 spiro atoms. The van der Waals surface area contributed by atoms with E-state index in [9.17, 15) is 14.9 Å². The van der Waals surface area contributed by atoms with E-state index in [1.54, 1.807) is 0 Å². The van der Waals surface area contributed by atoms with Crippen molar-refractivity contribution in [2.24, 2.45) is 11.8 Å². The molecule has 7 nitrogen and oxygen atoms in total. The van der Waals surface area contributed by atoms with Gasteiger partial charge >= 0.3 is 0 Å². The highest BCUT2D eigenvalue weighted by Crippen LogP contribution is 2.27. The second-order valence-corrected chi connectivity index (χ2v) is 4.88. The first-order chi connectivity index (χ1) is 9.01. The Hall–Kier alpha value is -2.15. The topological polar surface area (TPSA) is 110 Å². The molecule has 1 aliphatic rings. The molecular weight excluding hydrogens is 248 g/mol. The number of benzene rings is 1. The van der Waals surface area contributed by atoms with E-state index in [4.69, 9.17) is 5.84 Å². The van der Waals surface area contributed by atoms with E-state index < -0.39 is 4.92 Å². The molecule has 1 amide bonds. The second-order valence-electron chi connectivity index (χ2n) is 4.88. The molecule has 102 valence electrons. The molecule has 19 heavy (non-hydrogen) atoms. The Labute approximate surface area is 110 Å². The summed E-state index contributed by atoms with van der Waals surface area (Å²) in [6, 6.07) is 4.28. The molecule has 7 heteroatoms. The number of carbonyl (C=O) groups is 1. The smallest absolute Gasteiger partial charge is 0.293 e. The first kappa shape index (κ1) is 13.3. The number of nitro groups is 1. The molecule has 0 radical (unpaired) electrons. The number of hydrogen-bond acceptors (Lipinski definition) is 5. The van der Waals surface area contributed by atoms with Crippen LogP contribution >= 0.6 is 0 Å². The van der Waals surface area contributed by atoms with Crippen LogP contribution in [0.2, 0.25) is 0 Å². The summed E-state index contributed by atoms with van der Waals surface area (Å²) in [6.45, 7) is 2.13. The van der Waals surface area contributed by atoms with Crippen molar-refractivity contribution in [2.45, 2.75) is 25.8 Å². The van der Waals surface area contributed by atoms with Gasteiger partial charge in [-0.05, 0) is 30.9 Å². The highest BCUT2D eigenvalue weighted by molar-refractivity contribution is 5.96. The Morgan fingerprint density at radius 3 is 2.68 bits per heavy atom. The molecule has 1 aliphatic carbocycles. The van der Waals surface area contributed by atoms with Gasteiger partial charge in [-0.2, -0.15) is 0 Å². The average molecular weight is 264 g/mol. The third-order valence-corrected chi connectivity index (χ3v) is 3.32. The summed E-state index contributed by atoms with van der Waals surface area (Å²) in [5.74, 6) is 5.64. The molecule has 0 aliphatic heterocycles. The second kappa shape index (κ2) is 5.23. The summed E-state index contributed by atoms with van der Waals surface area (Å²) in [7, 11) is 0. The molecule has 0 saturated heterocycles. The Balaban J connectivity index is 2.11. The van der Waals surface area contributed by atoms with E-state index >= 15 is 0 Å². The van der Waals surface area contributed by atoms with Crippen molar-refractivity contribution in [2.75, 3.05) is 5.43 Å². The van der Waals surface area contributed by atoms with Crippen molar-refractivity contribution in [3.8, 4) is 0 Å². The van der Waals surface area contributed by atoms with Crippen LogP contribution in [0.25, 0.3) is 0 Å². The van der Waals surface area contributed by atoms with Gasteiger partial charge in [-0.15, -0.1) is 0 Å². The number of nitrogens with two attached hydrogens (primary N) is 1. The van der Waals surface area contributed by atoms with Gasteiger partial charge in [0.05, 0.1) is 4.92 Å². The highest BCUT2D eigenvalue weighted by Gasteiger charge is 2.27. The average Bonchev–Trinajstić information content (AvgIpc) is 2.35. The summed E-state index contributed by atoms with van der Waals surface area (Å²) in [5.41, 5.74) is 2.57. The molecule has 1 fully saturated rings.